The van der Waals surface area contributed by atoms with Crippen molar-refractivity contribution >= 4 is 5.97 Å². The first kappa shape index (κ1) is 14.5. The van der Waals surface area contributed by atoms with E-state index in [0.717, 1.165) is 39.0 Å². The van der Waals surface area contributed by atoms with Crippen LogP contribution >= 0.6 is 0 Å². The summed E-state index contributed by atoms with van der Waals surface area (Å²) in [5.74, 6) is -1.03. The fourth-order valence-corrected chi connectivity index (χ4v) is 2.28. The van der Waals surface area contributed by atoms with Crippen molar-refractivity contribution in [1.29, 1.82) is 0 Å². The molecule has 0 aromatic heterocycles. The molecule has 0 aliphatic carbocycles. The van der Waals surface area contributed by atoms with Crippen molar-refractivity contribution in [2.24, 2.45) is 5.92 Å². The van der Waals surface area contributed by atoms with Crippen LogP contribution in [0.1, 0.15) is 40.0 Å². The maximum absolute atomic E-state index is 11.0. The average molecular weight is 243 g/mol. The molecule has 3 atom stereocenters. The summed E-state index contributed by atoms with van der Waals surface area (Å²) in [5.41, 5.74) is 0. The molecule has 1 saturated heterocycles. The second kappa shape index (κ2) is 6.97. The van der Waals surface area contributed by atoms with Gasteiger partial charge in [-0.1, -0.05) is 13.8 Å². The van der Waals surface area contributed by atoms with Gasteiger partial charge in [0.05, 0.1) is 12.0 Å². The first-order valence-electron chi connectivity index (χ1n) is 6.64. The molecule has 1 N–H and O–H groups in total. The Morgan fingerprint density at radius 2 is 2.24 bits per heavy atom. The van der Waals surface area contributed by atoms with Crippen LogP contribution in [0.15, 0.2) is 0 Å². The smallest absolute Gasteiger partial charge is 0.307 e. The molecule has 0 radical (unpaired) electrons. The molecule has 1 aliphatic rings. The lowest BCUT2D eigenvalue weighted by atomic mass is 9.98. The Bertz CT molecular complexity index is 245. The number of piperidine rings is 1. The van der Waals surface area contributed by atoms with Crippen LogP contribution in [0.3, 0.4) is 0 Å². The van der Waals surface area contributed by atoms with Gasteiger partial charge in [-0.05, 0) is 32.7 Å². The van der Waals surface area contributed by atoms with Gasteiger partial charge in [-0.15, -0.1) is 0 Å². The number of carboxylic acids is 1. The lowest BCUT2D eigenvalue weighted by Crippen LogP contribution is -2.48. The maximum atomic E-state index is 11.0. The van der Waals surface area contributed by atoms with Gasteiger partial charge in [-0.25, -0.2) is 0 Å². The fraction of sp³-hybridized carbons (Fsp3) is 0.923. The van der Waals surface area contributed by atoms with Gasteiger partial charge in [0.1, 0.15) is 0 Å². The Morgan fingerprint density at radius 1 is 1.53 bits per heavy atom. The minimum atomic E-state index is -0.714. The number of hydrogen-bond acceptors (Lipinski definition) is 3. The monoisotopic (exact) mass is 243 g/mol. The molecule has 1 heterocycles. The van der Waals surface area contributed by atoms with Crippen LogP contribution in [0.4, 0.5) is 0 Å². The van der Waals surface area contributed by atoms with E-state index in [1.165, 1.54) is 0 Å². The topological polar surface area (TPSA) is 49.8 Å². The van der Waals surface area contributed by atoms with Crippen LogP contribution in [0, 0.1) is 5.92 Å². The summed E-state index contributed by atoms with van der Waals surface area (Å²) in [4.78, 5) is 13.2. The van der Waals surface area contributed by atoms with Crippen molar-refractivity contribution in [2.45, 2.75) is 52.2 Å². The normalized spacial score (nSPS) is 25.5. The van der Waals surface area contributed by atoms with Gasteiger partial charge in [0, 0.05) is 19.2 Å². The van der Waals surface area contributed by atoms with Gasteiger partial charge < -0.3 is 9.84 Å². The van der Waals surface area contributed by atoms with Crippen LogP contribution < -0.4 is 0 Å². The van der Waals surface area contributed by atoms with Crippen molar-refractivity contribution in [3.63, 3.8) is 0 Å². The predicted octanol–water partition coefficient (Wildman–Crippen LogP) is 1.99. The third kappa shape index (κ3) is 4.28. The van der Waals surface area contributed by atoms with E-state index in [1.54, 1.807) is 6.92 Å². The number of aliphatic carboxylic acids is 1. The molecule has 0 aromatic rings. The zero-order chi connectivity index (χ0) is 12.8. The summed E-state index contributed by atoms with van der Waals surface area (Å²) in [6.45, 7) is 8.56. The molecule has 4 nitrogen and oxygen atoms in total. The minimum Gasteiger partial charge on any atom is -0.481 e. The van der Waals surface area contributed by atoms with Gasteiger partial charge in [-0.3, -0.25) is 9.69 Å². The van der Waals surface area contributed by atoms with Crippen molar-refractivity contribution in [2.75, 3.05) is 19.7 Å². The molecule has 0 saturated carbocycles. The molecule has 3 unspecified atom stereocenters. The Kier molecular flexibility index (Phi) is 5.92. The molecule has 1 fully saturated rings. The third-order valence-electron chi connectivity index (χ3n) is 3.66. The molecule has 4 heteroatoms. The molecular formula is C13H25NO3. The molecule has 0 aromatic carbocycles. The number of ether oxygens (including phenoxy) is 1. The summed E-state index contributed by atoms with van der Waals surface area (Å²) in [6.07, 6.45) is 3.53. The Balaban J connectivity index is 2.45. The standard InChI is InChI=1S/C13H25NO3/c1-4-8-17-12-6-5-7-14(9-12)11(3)10(2)13(15)16/h10-12H,4-9H2,1-3H3,(H,15,16). The van der Waals surface area contributed by atoms with Crippen molar-refractivity contribution in [3.05, 3.63) is 0 Å². The Morgan fingerprint density at radius 3 is 2.82 bits per heavy atom. The highest BCUT2D eigenvalue weighted by Crippen LogP contribution is 2.19. The summed E-state index contributed by atoms with van der Waals surface area (Å²) in [6, 6.07) is 0.0838. The van der Waals surface area contributed by atoms with Crippen LogP contribution in [0.25, 0.3) is 0 Å². The van der Waals surface area contributed by atoms with Crippen molar-refractivity contribution < 1.29 is 14.6 Å². The van der Waals surface area contributed by atoms with Crippen LogP contribution in [0.2, 0.25) is 0 Å². The van der Waals surface area contributed by atoms with E-state index in [0.29, 0.717) is 0 Å². The largest absolute Gasteiger partial charge is 0.481 e. The van der Waals surface area contributed by atoms with E-state index in [1.807, 2.05) is 6.92 Å². The number of nitrogens with zero attached hydrogens (tertiary/aromatic N) is 1. The van der Waals surface area contributed by atoms with Crippen LogP contribution in [-0.4, -0.2) is 47.8 Å². The summed E-state index contributed by atoms with van der Waals surface area (Å²) in [5, 5.41) is 9.03. The number of rotatable bonds is 6. The van der Waals surface area contributed by atoms with Gasteiger partial charge in [0.15, 0.2) is 0 Å². The second-order valence-electron chi connectivity index (χ2n) is 5.00. The molecule has 0 amide bonds. The first-order chi connectivity index (χ1) is 8.06. The first-order valence-corrected chi connectivity index (χ1v) is 6.64. The van der Waals surface area contributed by atoms with Gasteiger partial charge in [0.25, 0.3) is 0 Å². The van der Waals surface area contributed by atoms with Gasteiger partial charge in [-0.2, -0.15) is 0 Å². The SMILES string of the molecule is CCCOC1CCCN(C(C)C(C)C(=O)O)C1. The molecular weight excluding hydrogens is 218 g/mol. The van der Waals surface area contributed by atoms with Gasteiger partial charge >= 0.3 is 5.97 Å². The molecule has 100 valence electrons. The number of carboxylic acid groups (broad SMARTS) is 1. The highest BCUT2D eigenvalue weighted by Gasteiger charge is 2.29. The number of carbonyl (C=O) groups is 1. The third-order valence-corrected chi connectivity index (χ3v) is 3.66. The van der Waals surface area contributed by atoms with Crippen molar-refractivity contribution in [3.8, 4) is 0 Å². The number of hydrogen-bond donors (Lipinski definition) is 1. The maximum Gasteiger partial charge on any atom is 0.307 e. The van der Waals surface area contributed by atoms with Crippen LogP contribution in [0.5, 0.6) is 0 Å². The summed E-state index contributed by atoms with van der Waals surface area (Å²) in [7, 11) is 0. The number of likely N-dealkylation sites (tertiary alicyclic amines) is 1. The fourth-order valence-electron chi connectivity index (χ4n) is 2.28. The van der Waals surface area contributed by atoms with E-state index in [-0.39, 0.29) is 18.1 Å². The predicted molar refractivity (Wildman–Crippen MR) is 67.1 cm³/mol. The summed E-state index contributed by atoms with van der Waals surface area (Å²) >= 11 is 0. The zero-order valence-corrected chi connectivity index (χ0v) is 11.2. The Hall–Kier alpha value is -0.610. The summed E-state index contributed by atoms with van der Waals surface area (Å²) < 4.78 is 5.76. The highest BCUT2D eigenvalue weighted by molar-refractivity contribution is 5.70. The van der Waals surface area contributed by atoms with E-state index in [2.05, 4.69) is 11.8 Å². The van der Waals surface area contributed by atoms with Crippen molar-refractivity contribution in [1.82, 2.24) is 4.90 Å². The molecule has 1 aliphatic heterocycles. The van der Waals surface area contributed by atoms with Gasteiger partial charge in [0.2, 0.25) is 0 Å². The second-order valence-corrected chi connectivity index (χ2v) is 5.00. The molecule has 17 heavy (non-hydrogen) atoms. The van der Waals surface area contributed by atoms with E-state index >= 15 is 0 Å². The van der Waals surface area contributed by atoms with E-state index in [4.69, 9.17) is 9.84 Å². The van der Waals surface area contributed by atoms with E-state index < -0.39 is 5.97 Å². The minimum absolute atomic E-state index is 0.0838. The highest BCUT2D eigenvalue weighted by atomic mass is 16.5. The molecule has 1 rings (SSSR count). The quantitative estimate of drug-likeness (QED) is 0.775. The lowest BCUT2D eigenvalue weighted by molar-refractivity contribution is -0.144. The Labute approximate surface area is 104 Å². The average Bonchev–Trinajstić information content (AvgIpc) is 2.34. The molecule has 0 bridgehead atoms. The zero-order valence-electron chi connectivity index (χ0n) is 11.2. The molecule has 0 spiro atoms. The van der Waals surface area contributed by atoms with E-state index in [9.17, 15) is 4.79 Å². The lowest BCUT2D eigenvalue weighted by Gasteiger charge is -2.38. The van der Waals surface area contributed by atoms with Crippen LogP contribution in [-0.2, 0) is 9.53 Å².